The minimum Gasteiger partial charge on any atom is -0.481 e. The Bertz CT molecular complexity index is 1070. The second kappa shape index (κ2) is 6.49. The van der Waals surface area contributed by atoms with Crippen molar-refractivity contribution in [3.05, 3.63) is 70.4 Å². The molecule has 0 amide bonds. The van der Waals surface area contributed by atoms with Gasteiger partial charge >= 0.3 is 5.97 Å². The molecule has 0 saturated carbocycles. The van der Waals surface area contributed by atoms with Crippen molar-refractivity contribution < 1.29 is 9.90 Å². The molecule has 3 unspecified atom stereocenters. The first-order valence-corrected chi connectivity index (χ1v) is 10.2. The molecule has 5 rings (SSSR count). The van der Waals surface area contributed by atoms with Gasteiger partial charge in [-0.05, 0) is 48.6 Å². The number of fused-ring (bicyclic) bond motifs is 3. The van der Waals surface area contributed by atoms with Crippen LogP contribution in [0.1, 0.15) is 59.7 Å². The van der Waals surface area contributed by atoms with E-state index in [4.69, 9.17) is 0 Å². The normalized spacial score (nSPS) is 23.6. The molecule has 0 radical (unpaired) electrons. The van der Waals surface area contributed by atoms with Gasteiger partial charge in [-0.3, -0.25) is 4.79 Å². The van der Waals surface area contributed by atoms with Crippen LogP contribution in [0.25, 0.3) is 10.9 Å². The van der Waals surface area contributed by atoms with Crippen LogP contribution in [0, 0.1) is 0 Å². The van der Waals surface area contributed by atoms with E-state index in [1.807, 2.05) is 6.07 Å². The Morgan fingerprint density at radius 2 is 1.96 bits per heavy atom. The Kier molecular flexibility index (Phi) is 4.06. The Hall–Kier alpha value is -2.59. The minimum absolute atomic E-state index is 0.285. The SMILES string of the molecule is CC1c2ccc(Cc3ccccc3)c3c4c(n(c23)C1C)C(C(=O)O)CNCC4. The number of carboxylic acids is 1. The first-order chi connectivity index (χ1) is 13.6. The van der Waals surface area contributed by atoms with Crippen molar-refractivity contribution in [2.45, 2.75) is 44.6 Å². The van der Waals surface area contributed by atoms with Crippen molar-refractivity contribution >= 4 is 16.9 Å². The molecule has 0 bridgehead atoms. The Morgan fingerprint density at radius 3 is 2.71 bits per heavy atom. The lowest BCUT2D eigenvalue weighted by molar-refractivity contribution is -0.138. The van der Waals surface area contributed by atoms with Gasteiger partial charge in [-0.1, -0.05) is 49.4 Å². The van der Waals surface area contributed by atoms with E-state index in [1.54, 1.807) is 0 Å². The van der Waals surface area contributed by atoms with E-state index in [9.17, 15) is 9.90 Å². The molecule has 2 aliphatic rings. The molecule has 0 spiro atoms. The van der Waals surface area contributed by atoms with Gasteiger partial charge in [0.2, 0.25) is 0 Å². The molecule has 4 nitrogen and oxygen atoms in total. The van der Waals surface area contributed by atoms with Crippen LogP contribution >= 0.6 is 0 Å². The van der Waals surface area contributed by atoms with Crippen molar-refractivity contribution in [3.63, 3.8) is 0 Å². The fraction of sp³-hybridized carbons (Fsp3) is 0.375. The van der Waals surface area contributed by atoms with E-state index < -0.39 is 11.9 Å². The summed E-state index contributed by atoms with van der Waals surface area (Å²) < 4.78 is 2.37. The summed E-state index contributed by atoms with van der Waals surface area (Å²) in [5.41, 5.74) is 7.54. The largest absolute Gasteiger partial charge is 0.481 e. The van der Waals surface area contributed by atoms with Crippen LogP contribution in [0.15, 0.2) is 42.5 Å². The van der Waals surface area contributed by atoms with E-state index in [1.165, 1.54) is 33.2 Å². The zero-order valence-corrected chi connectivity index (χ0v) is 16.4. The van der Waals surface area contributed by atoms with Crippen LogP contribution in [0.5, 0.6) is 0 Å². The summed E-state index contributed by atoms with van der Waals surface area (Å²) >= 11 is 0. The number of rotatable bonds is 3. The van der Waals surface area contributed by atoms with Crippen molar-refractivity contribution in [2.24, 2.45) is 0 Å². The minimum atomic E-state index is -0.729. The molecule has 3 heterocycles. The van der Waals surface area contributed by atoms with Crippen molar-refractivity contribution in [1.29, 1.82) is 0 Å². The fourth-order valence-corrected chi connectivity index (χ4v) is 5.27. The van der Waals surface area contributed by atoms with Gasteiger partial charge in [-0.2, -0.15) is 0 Å². The van der Waals surface area contributed by atoms with Gasteiger partial charge in [0, 0.05) is 29.6 Å². The molecule has 3 aromatic rings. The first kappa shape index (κ1) is 17.5. The zero-order valence-electron chi connectivity index (χ0n) is 16.4. The highest BCUT2D eigenvalue weighted by Gasteiger charge is 2.38. The third kappa shape index (κ3) is 2.44. The summed E-state index contributed by atoms with van der Waals surface area (Å²) in [6.07, 6.45) is 1.76. The van der Waals surface area contributed by atoms with Crippen LogP contribution < -0.4 is 5.32 Å². The molecule has 2 aliphatic heterocycles. The topological polar surface area (TPSA) is 54.3 Å². The maximum atomic E-state index is 12.1. The third-order valence-electron chi connectivity index (χ3n) is 6.79. The fourth-order valence-electron chi connectivity index (χ4n) is 5.27. The molecule has 2 N–H and O–H groups in total. The standard InChI is InChI=1S/C24H26N2O2/c1-14-15(2)26-22-19(10-11-25-13-20(22)24(27)28)21-17(8-9-18(14)23(21)26)12-16-6-4-3-5-7-16/h3-9,14-15,20,25H,10-13H2,1-2H3,(H,27,28). The van der Waals surface area contributed by atoms with E-state index in [2.05, 4.69) is 60.1 Å². The van der Waals surface area contributed by atoms with E-state index in [0.717, 1.165) is 25.1 Å². The van der Waals surface area contributed by atoms with Crippen LogP contribution in [0.2, 0.25) is 0 Å². The van der Waals surface area contributed by atoms with Gasteiger partial charge in [0.15, 0.2) is 0 Å². The number of carboxylic acid groups (broad SMARTS) is 1. The highest BCUT2D eigenvalue weighted by molar-refractivity contribution is 5.95. The molecule has 4 heteroatoms. The summed E-state index contributed by atoms with van der Waals surface area (Å²) in [6, 6.07) is 15.4. The molecule has 144 valence electrons. The van der Waals surface area contributed by atoms with Crippen LogP contribution in [-0.4, -0.2) is 28.7 Å². The molecule has 2 aromatic carbocycles. The van der Waals surface area contributed by atoms with Crippen molar-refractivity contribution in [3.8, 4) is 0 Å². The Labute approximate surface area is 165 Å². The van der Waals surface area contributed by atoms with Crippen LogP contribution in [-0.2, 0) is 17.6 Å². The maximum absolute atomic E-state index is 12.1. The number of carbonyl (C=O) groups is 1. The Balaban J connectivity index is 1.80. The van der Waals surface area contributed by atoms with E-state index in [0.29, 0.717) is 12.5 Å². The average Bonchev–Trinajstić information content (AvgIpc) is 3.03. The number of aromatic nitrogens is 1. The van der Waals surface area contributed by atoms with Gasteiger partial charge < -0.3 is 15.0 Å². The molecule has 0 fully saturated rings. The number of aliphatic carboxylic acids is 1. The lowest BCUT2D eigenvalue weighted by Crippen LogP contribution is -2.27. The lowest BCUT2D eigenvalue weighted by Gasteiger charge is -2.21. The number of hydrogen-bond acceptors (Lipinski definition) is 2. The van der Waals surface area contributed by atoms with Crippen molar-refractivity contribution in [1.82, 2.24) is 9.88 Å². The number of benzene rings is 2. The average molecular weight is 374 g/mol. The highest BCUT2D eigenvalue weighted by atomic mass is 16.4. The summed E-state index contributed by atoms with van der Waals surface area (Å²) in [5.74, 6) is -0.818. The van der Waals surface area contributed by atoms with Crippen molar-refractivity contribution in [2.75, 3.05) is 13.1 Å². The molecule has 3 atom stereocenters. The first-order valence-electron chi connectivity index (χ1n) is 10.2. The summed E-state index contributed by atoms with van der Waals surface area (Å²) in [7, 11) is 0. The van der Waals surface area contributed by atoms with Gasteiger partial charge in [0.1, 0.15) is 5.92 Å². The monoisotopic (exact) mass is 374 g/mol. The summed E-state index contributed by atoms with van der Waals surface area (Å²) in [4.78, 5) is 12.1. The quantitative estimate of drug-likeness (QED) is 0.722. The molecule has 0 aliphatic carbocycles. The van der Waals surface area contributed by atoms with Gasteiger partial charge in [0.05, 0.1) is 5.52 Å². The second-order valence-corrected chi connectivity index (χ2v) is 8.31. The highest BCUT2D eigenvalue weighted by Crippen LogP contribution is 2.49. The van der Waals surface area contributed by atoms with E-state index in [-0.39, 0.29) is 6.04 Å². The molecular formula is C24H26N2O2. The third-order valence-corrected chi connectivity index (χ3v) is 6.79. The molecule has 28 heavy (non-hydrogen) atoms. The number of nitrogens with zero attached hydrogens (tertiary/aromatic N) is 1. The summed E-state index contributed by atoms with van der Waals surface area (Å²) in [6.45, 7) is 5.83. The number of nitrogens with one attached hydrogen (secondary N) is 1. The smallest absolute Gasteiger partial charge is 0.313 e. The zero-order chi connectivity index (χ0) is 19.4. The predicted octanol–water partition coefficient (Wildman–Crippen LogP) is 4.22. The van der Waals surface area contributed by atoms with Gasteiger partial charge in [0.25, 0.3) is 0 Å². The Morgan fingerprint density at radius 1 is 1.18 bits per heavy atom. The van der Waals surface area contributed by atoms with Crippen LogP contribution in [0.4, 0.5) is 0 Å². The molecule has 0 saturated heterocycles. The van der Waals surface area contributed by atoms with Gasteiger partial charge in [-0.15, -0.1) is 0 Å². The molecular weight excluding hydrogens is 348 g/mol. The van der Waals surface area contributed by atoms with Crippen LogP contribution in [0.3, 0.4) is 0 Å². The lowest BCUT2D eigenvalue weighted by atomic mass is 9.89. The molecule has 1 aromatic heterocycles. The predicted molar refractivity (Wildman–Crippen MR) is 111 cm³/mol. The van der Waals surface area contributed by atoms with E-state index >= 15 is 0 Å². The maximum Gasteiger partial charge on any atom is 0.313 e. The summed E-state index contributed by atoms with van der Waals surface area (Å²) in [5, 5.41) is 14.6. The van der Waals surface area contributed by atoms with Gasteiger partial charge in [-0.25, -0.2) is 0 Å². The number of hydrogen-bond donors (Lipinski definition) is 2. The second-order valence-electron chi connectivity index (χ2n) is 8.31.